The summed E-state index contributed by atoms with van der Waals surface area (Å²) in [4.78, 5) is 9.23. The molecule has 3 N–H and O–H groups in total. The van der Waals surface area contributed by atoms with Crippen LogP contribution in [0.4, 0.5) is 5.95 Å². The van der Waals surface area contributed by atoms with Gasteiger partial charge in [-0.05, 0) is 30.3 Å². The molecule has 1 aromatic heterocycles. The maximum absolute atomic E-state index is 6.00. The number of aliphatic imine (C=N–C) groups is 1. The number of guanidine groups is 1. The molecule has 7 heteroatoms. The fourth-order valence-electron chi connectivity index (χ4n) is 3.40. The second kappa shape index (κ2) is 5.52. The first kappa shape index (κ1) is 14.8. The molecule has 0 amide bonds. The summed E-state index contributed by atoms with van der Waals surface area (Å²) in [7, 11) is 1.64. The van der Waals surface area contributed by atoms with Crippen LogP contribution in [-0.2, 0) is 0 Å². The number of anilines is 1. The summed E-state index contributed by atoms with van der Waals surface area (Å²) in [5.74, 6) is 2.60. The predicted molar refractivity (Wildman–Crippen MR) is 100 cm³/mol. The van der Waals surface area contributed by atoms with E-state index in [0.29, 0.717) is 18.5 Å². The zero-order valence-corrected chi connectivity index (χ0v) is 14.1. The minimum atomic E-state index is -0.297. The Balaban J connectivity index is 1.64. The molecule has 2 aliphatic rings. The first-order chi connectivity index (χ1) is 12.7. The average molecular weight is 347 g/mol. The van der Waals surface area contributed by atoms with E-state index >= 15 is 0 Å². The van der Waals surface area contributed by atoms with Crippen LogP contribution in [0.15, 0.2) is 53.0 Å². The minimum absolute atomic E-state index is 0.297. The van der Waals surface area contributed by atoms with Gasteiger partial charge in [-0.3, -0.25) is 9.88 Å². The van der Waals surface area contributed by atoms with Crippen LogP contribution in [0.1, 0.15) is 11.7 Å². The van der Waals surface area contributed by atoms with Gasteiger partial charge in [0, 0.05) is 17.2 Å². The van der Waals surface area contributed by atoms with Crippen LogP contribution < -0.4 is 20.5 Å². The first-order valence-corrected chi connectivity index (χ1v) is 8.31. The van der Waals surface area contributed by atoms with Gasteiger partial charge in [0.2, 0.25) is 5.95 Å². The molecular formula is C19H17N5O2. The number of rotatable bonds is 2. The highest BCUT2D eigenvalue weighted by atomic mass is 16.5. The van der Waals surface area contributed by atoms with Crippen LogP contribution in [-0.4, -0.2) is 29.2 Å². The zero-order chi connectivity index (χ0) is 17.7. The number of fused-ring (bicyclic) bond motifs is 4. The lowest BCUT2D eigenvalue weighted by Crippen LogP contribution is -2.32. The van der Waals surface area contributed by atoms with Gasteiger partial charge in [0.1, 0.15) is 18.1 Å². The standard InChI is InChI=1S/C19H17N5O2/c1-25-13-7-6-11-8-12(10-26-16(11)9-13)17-22-18(20)23-19-21-14-4-2-3-5-15(14)24(17)19/h2-9,17H,10H2,1H3,(H3,20,21,22,23)/t17-/m0/s1. The second-order valence-electron chi connectivity index (χ2n) is 6.22. The summed E-state index contributed by atoms with van der Waals surface area (Å²) in [5.41, 5.74) is 9.90. The lowest BCUT2D eigenvalue weighted by Gasteiger charge is -2.28. The Morgan fingerprint density at radius 2 is 2.15 bits per heavy atom. The molecule has 0 saturated heterocycles. The molecular weight excluding hydrogens is 330 g/mol. The highest BCUT2D eigenvalue weighted by Gasteiger charge is 2.28. The molecule has 26 heavy (non-hydrogen) atoms. The van der Waals surface area contributed by atoms with Gasteiger partial charge < -0.3 is 15.2 Å². The molecule has 0 spiro atoms. The average Bonchev–Trinajstić information content (AvgIpc) is 3.04. The van der Waals surface area contributed by atoms with E-state index in [0.717, 1.165) is 33.7 Å². The van der Waals surface area contributed by atoms with Crippen molar-refractivity contribution in [1.29, 1.82) is 0 Å². The Bertz CT molecular complexity index is 1080. The number of imidazole rings is 1. The number of hydrogen-bond acceptors (Lipinski definition) is 6. The minimum Gasteiger partial charge on any atom is -0.497 e. The van der Waals surface area contributed by atoms with E-state index in [4.69, 9.17) is 15.2 Å². The summed E-state index contributed by atoms with van der Waals surface area (Å²) >= 11 is 0. The van der Waals surface area contributed by atoms with E-state index in [2.05, 4.69) is 25.9 Å². The van der Waals surface area contributed by atoms with E-state index < -0.39 is 0 Å². The van der Waals surface area contributed by atoms with Crippen LogP contribution >= 0.6 is 0 Å². The Kier molecular flexibility index (Phi) is 3.15. The maximum atomic E-state index is 6.00. The number of nitrogens with two attached hydrogens (primary N) is 1. The molecule has 130 valence electrons. The van der Waals surface area contributed by atoms with Gasteiger partial charge in [-0.1, -0.05) is 12.1 Å². The van der Waals surface area contributed by atoms with Crippen molar-refractivity contribution in [3.8, 4) is 11.5 Å². The number of aromatic nitrogens is 2. The molecule has 0 saturated carbocycles. The van der Waals surface area contributed by atoms with Gasteiger partial charge in [-0.15, -0.1) is 0 Å². The van der Waals surface area contributed by atoms with Crippen molar-refractivity contribution in [3.05, 3.63) is 53.6 Å². The van der Waals surface area contributed by atoms with Crippen LogP contribution in [0.3, 0.4) is 0 Å². The lowest BCUT2D eigenvalue weighted by molar-refractivity contribution is 0.327. The summed E-state index contributed by atoms with van der Waals surface area (Å²) < 4.78 is 13.3. The smallest absolute Gasteiger partial charge is 0.212 e. The molecule has 0 radical (unpaired) electrons. The molecule has 1 atom stereocenters. The zero-order valence-electron chi connectivity index (χ0n) is 14.1. The molecule has 7 nitrogen and oxygen atoms in total. The van der Waals surface area contributed by atoms with Crippen molar-refractivity contribution in [2.75, 3.05) is 19.0 Å². The number of para-hydroxylation sites is 2. The van der Waals surface area contributed by atoms with E-state index in [1.54, 1.807) is 7.11 Å². The SMILES string of the molecule is COc1ccc2c(c1)OCC([C@H]1N=C(N)Nc3nc4ccccc4n31)=C2. The number of methoxy groups -OCH3 is 1. The van der Waals surface area contributed by atoms with Crippen LogP contribution in [0.25, 0.3) is 17.1 Å². The fourth-order valence-corrected chi connectivity index (χ4v) is 3.40. The van der Waals surface area contributed by atoms with E-state index in [-0.39, 0.29) is 6.17 Å². The van der Waals surface area contributed by atoms with Gasteiger partial charge in [0.25, 0.3) is 0 Å². The lowest BCUT2D eigenvalue weighted by atomic mass is 10.0. The Morgan fingerprint density at radius 1 is 1.27 bits per heavy atom. The number of ether oxygens (including phenoxy) is 2. The van der Waals surface area contributed by atoms with Crippen molar-refractivity contribution in [2.45, 2.75) is 6.17 Å². The molecule has 0 fully saturated rings. The van der Waals surface area contributed by atoms with Gasteiger partial charge in [0.05, 0.1) is 18.1 Å². The summed E-state index contributed by atoms with van der Waals surface area (Å²) in [6.07, 6.45) is 1.80. The van der Waals surface area contributed by atoms with Crippen LogP contribution in [0, 0.1) is 0 Å². The molecule has 0 bridgehead atoms. The van der Waals surface area contributed by atoms with Crippen LogP contribution in [0.5, 0.6) is 11.5 Å². The highest BCUT2D eigenvalue weighted by molar-refractivity contribution is 5.94. The van der Waals surface area contributed by atoms with Crippen molar-refractivity contribution < 1.29 is 9.47 Å². The fraction of sp³-hybridized carbons (Fsp3) is 0.158. The molecule has 2 aromatic carbocycles. The third kappa shape index (κ3) is 2.21. The third-order valence-corrected chi connectivity index (χ3v) is 4.63. The predicted octanol–water partition coefficient (Wildman–Crippen LogP) is 2.76. The van der Waals surface area contributed by atoms with E-state index in [1.807, 2.05) is 42.5 Å². The topological polar surface area (TPSA) is 86.7 Å². The molecule has 5 rings (SSSR count). The Hall–Kier alpha value is -3.48. The van der Waals surface area contributed by atoms with Crippen molar-refractivity contribution >= 4 is 29.0 Å². The first-order valence-electron chi connectivity index (χ1n) is 8.31. The quantitative estimate of drug-likeness (QED) is 0.744. The monoisotopic (exact) mass is 347 g/mol. The molecule has 3 heterocycles. The van der Waals surface area contributed by atoms with Gasteiger partial charge in [-0.25, -0.2) is 9.98 Å². The molecule has 0 unspecified atom stereocenters. The largest absolute Gasteiger partial charge is 0.497 e. The van der Waals surface area contributed by atoms with E-state index in [1.165, 1.54) is 0 Å². The van der Waals surface area contributed by atoms with Crippen molar-refractivity contribution in [2.24, 2.45) is 10.7 Å². The normalized spacial score (nSPS) is 18.1. The van der Waals surface area contributed by atoms with Crippen molar-refractivity contribution in [1.82, 2.24) is 9.55 Å². The number of nitrogens with one attached hydrogen (secondary N) is 1. The molecule has 2 aliphatic heterocycles. The van der Waals surface area contributed by atoms with Gasteiger partial charge in [-0.2, -0.15) is 0 Å². The third-order valence-electron chi connectivity index (χ3n) is 4.63. The van der Waals surface area contributed by atoms with Gasteiger partial charge in [0.15, 0.2) is 12.1 Å². The number of benzene rings is 2. The second-order valence-corrected chi connectivity index (χ2v) is 6.22. The van der Waals surface area contributed by atoms with Crippen LogP contribution in [0.2, 0.25) is 0 Å². The molecule has 3 aromatic rings. The summed E-state index contributed by atoms with van der Waals surface area (Å²) in [6, 6.07) is 13.7. The molecule has 0 aliphatic carbocycles. The summed E-state index contributed by atoms with van der Waals surface area (Å²) in [5, 5.41) is 3.05. The number of nitrogens with zero attached hydrogens (tertiary/aromatic N) is 3. The van der Waals surface area contributed by atoms with Gasteiger partial charge >= 0.3 is 0 Å². The van der Waals surface area contributed by atoms with Crippen molar-refractivity contribution in [3.63, 3.8) is 0 Å². The maximum Gasteiger partial charge on any atom is 0.212 e. The summed E-state index contributed by atoms with van der Waals surface area (Å²) in [6.45, 7) is 0.424. The highest BCUT2D eigenvalue weighted by Crippen LogP contribution is 2.37. The Labute approximate surface area is 149 Å². The Morgan fingerprint density at radius 3 is 3.04 bits per heavy atom. The van der Waals surface area contributed by atoms with E-state index in [9.17, 15) is 0 Å². The number of hydrogen-bond donors (Lipinski definition) is 2.